The van der Waals surface area contributed by atoms with Crippen molar-refractivity contribution in [2.45, 2.75) is 70.1 Å². The molecule has 2 unspecified atom stereocenters. The first kappa shape index (κ1) is 29.8. The van der Waals surface area contributed by atoms with Crippen molar-refractivity contribution < 1.29 is 32.7 Å². The van der Waals surface area contributed by atoms with Crippen LogP contribution in [0.2, 0.25) is 10.0 Å². The van der Waals surface area contributed by atoms with E-state index >= 15 is 0 Å². The molecule has 0 spiro atoms. The highest BCUT2D eigenvalue weighted by molar-refractivity contribution is 6.39. The Morgan fingerprint density at radius 3 is 2.30 bits per heavy atom. The molecule has 0 radical (unpaired) electrons. The molecule has 40 heavy (non-hydrogen) atoms. The van der Waals surface area contributed by atoms with Gasteiger partial charge in [-0.1, -0.05) is 23.2 Å². The lowest BCUT2D eigenvalue weighted by molar-refractivity contribution is -0.147. The summed E-state index contributed by atoms with van der Waals surface area (Å²) in [5.41, 5.74) is -2.91. The van der Waals surface area contributed by atoms with Crippen molar-refractivity contribution in [3.05, 3.63) is 45.5 Å². The fourth-order valence-corrected chi connectivity index (χ4v) is 6.23. The molecule has 2 atom stereocenters. The van der Waals surface area contributed by atoms with Crippen LogP contribution in [0.4, 0.5) is 13.2 Å². The number of carboxylic acid groups (broad SMARTS) is 1. The van der Waals surface area contributed by atoms with Crippen LogP contribution < -0.4 is 0 Å². The van der Waals surface area contributed by atoms with Gasteiger partial charge in [0.05, 0.1) is 57.4 Å². The van der Waals surface area contributed by atoms with E-state index in [0.29, 0.717) is 12.8 Å². The molecule has 2 aliphatic rings. The zero-order valence-electron chi connectivity index (χ0n) is 21.4. The first-order valence-electron chi connectivity index (χ1n) is 12.7. The highest BCUT2D eigenvalue weighted by Gasteiger charge is 2.46. The normalized spacial score (nSPS) is 24.9. The van der Waals surface area contributed by atoms with Crippen LogP contribution in [0.1, 0.15) is 84.3 Å². The molecule has 2 saturated carbocycles. The summed E-state index contributed by atoms with van der Waals surface area (Å²) in [5, 5.41) is 22.6. The summed E-state index contributed by atoms with van der Waals surface area (Å²) in [4.78, 5) is 43.3. The molecule has 4 rings (SSSR count). The lowest BCUT2D eigenvalue weighted by Crippen LogP contribution is -2.43. The van der Waals surface area contributed by atoms with Crippen molar-refractivity contribution in [2.75, 3.05) is 6.54 Å². The number of alkyl halides is 3. The fourth-order valence-electron chi connectivity index (χ4n) is 5.66. The Morgan fingerprint density at radius 2 is 1.77 bits per heavy atom. The number of aliphatic carboxylic acids is 1. The van der Waals surface area contributed by atoms with Gasteiger partial charge in [-0.05, 0) is 51.9 Å². The average molecular weight is 600 g/mol. The number of carboxylic acids is 1. The molecule has 214 valence electrons. The lowest BCUT2D eigenvalue weighted by atomic mass is 9.86. The van der Waals surface area contributed by atoms with Crippen molar-refractivity contribution in [3.63, 3.8) is 0 Å². The van der Waals surface area contributed by atoms with Crippen LogP contribution in [-0.2, 0) is 11.0 Å². The topological polar surface area (TPSA) is 129 Å². The first-order valence-corrected chi connectivity index (χ1v) is 13.4. The molecule has 0 aliphatic heterocycles. The van der Waals surface area contributed by atoms with Crippen LogP contribution in [0, 0.1) is 22.7 Å². The largest absolute Gasteiger partial charge is 0.481 e. The third-order valence-corrected chi connectivity index (χ3v) is 8.39. The van der Waals surface area contributed by atoms with Gasteiger partial charge in [0.1, 0.15) is 0 Å². The van der Waals surface area contributed by atoms with Crippen LogP contribution in [0.5, 0.6) is 0 Å². The number of carbonyl (C=O) groups is 3. The maximum absolute atomic E-state index is 14.4. The molecule has 2 fully saturated rings. The maximum atomic E-state index is 14.4. The van der Waals surface area contributed by atoms with Crippen LogP contribution in [-0.4, -0.2) is 55.0 Å². The van der Waals surface area contributed by atoms with E-state index in [9.17, 15) is 37.9 Å². The second-order valence-electron chi connectivity index (χ2n) is 10.6. The average Bonchev–Trinajstić information content (AvgIpc) is 3.52. The van der Waals surface area contributed by atoms with Crippen LogP contribution in [0.15, 0.2) is 18.6 Å². The number of halogens is 5. The second kappa shape index (κ2) is 11.4. The molecule has 2 aliphatic carbocycles. The molecule has 0 bridgehead atoms. The molecule has 1 N–H and O–H groups in total. The summed E-state index contributed by atoms with van der Waals surface area (Å²) in [7, 11) is 0. The first-order chi connectivity index (χ1) is 18.8. The minimum absolute atomic E-state index is 0.0704. The molecule has 9 nitrogen and oxygen atoms in total. The van der Waals surface area contributed by atoms with Crippen molar-refractivity contribution >= 4 is 40.9 Å². The van der Waals surface area contributed by atoms with Crippen molar-refractivity contribution in [1.29, 1.82) is 5.26 Å². The number of nitriles is 1. The molecular weight excluding hydrogens is 574 g/mol. The number of aromatic nitrogens is 3. The van der Waals surface area contributed by atoms with Gasteiger partial charge in [0, 0.05) is 18.4 Å². The van der Waals surface area contributed by atoms with Crippen molar-refractivity contribution in [1.82, 2.24) is 19.7 Å². The number of hydrogen-bond donors (Lipinski definition) is 1. The number of amides is 1. The fraction of sp³-hybridized carbons (Fsp3) is 0.538. The number of Topliss-reactive ketones (excluding diaryl/α,β-unsaturated/α-hetero) is 1. The Balaban J connectivity index is 1.71. The Bertz CT molecular complexity index is 1350. The Hall–Kier alpha value is -3.17. The summed E-state index contributed by atoms with van der Waals surface area (Å²) in [5.74, 6) is -3.39. The number of rotatable bonds is 7. The highest BCUT2D eigenvalue weighted by atomic mass is 35.5. The van der Waals surface area contributed by atoms with E-state index < -0.39 is 65.1 Å². The SMILES string of the molecule is CC1(C#N)CCC(N(CC(=O)c2c(Cl)cncc2Cl)C(=O)c2cnn([C@H]3CC[C@H](C(=O)O)CC3)c2C(F)(F)F)C1. The monoisotopic (exact) mass is 599 g/mol. The quantitative estimate of drug-likeness (QED) is 0.396. The predicted octanol–water partition coefficient (Wildman–Crippen LogP) is 5.83. The molecule has 1 amide bonds. The Kier molecular flexibility index (Phi) is 8.47. The number of pyridine rings is 1. The number of ketones is 1. The Labute approximate surface area is 237 Å². The third kappa shape index (κ3) is 5.95. The van der Waals surface area contributed by atoms with Gasteiger partial charge in [-0.2, -0.15) is 23.5 Å². The second-order valence-corrected chi connectivity index (χ2v) is 11.4. The zero-order chi connectivity index (χ0) is 29.4. The van der Waals surface area contributed by atoms with Gasteiger partial charge >= 0.3 is 12.1 Å². The minimum atomic E-state index is -4.96. The van der Waals surface area contributed by atoms with E-state index in [1.807, 2.05) is 0 Å². The van der Waals surface area contributed by atoms with Gasteiger partial charge in [-0.3, -0.25) is 24.0 Å². The number of carbonyl (C=O) groups excluding carboxylic acids is 2. The third-order valence-electron chi connectivity index (χ3n) is 7.82. The summed E-state index contributed by atoms with van der Waals surface area (Å²) < 4.78 is 44.1. The van der Waals surface area contributed by atoms with Gasteiger partial charge in [0.15, 0.2) is 11.5 Å². The van der Waals surface area contributed by atoms with E-state index in [1.54, 1.807) is 6.92 Å². The van der Waals surface area contributed by atoms with Gasteiger partial charge in [0.2, 0.25) is 0 Å². The molecular formula is C26H26Cl2F3N5O4. The summed E-state index contributed by atoms with van der Waals surface area (Å²) in [6.45, 7) is 1.07. The molecule has 0 saturated heterocycles. The van der Waals surface area contributed by atoms with Crippen LogP contribution in [0.3, 0.4) is 0 Å². The Morgan fingerprint density at radius 1 is 1.15 bits per heavy atom. The van der Waals surface area contributed by atoms with Gasteiger partial charge in [0.25, 0.3) is 5.91 Å². The molecule has 2 aromatic heterocycles. The van der Waals surface area contributed by atoms with Gasteiger partial charge < -0.3 is 10.0 Å². The number of hydrogen-bond acceptors (Lipinski definition) is 6. The lowest BCUT2D eigenvalue weighted by Gasteiger charge is -2.30. The summed E-state index contributed by atoms with van der Waals surface area (Å²) >= 11 is 12.2. The van der Waals surface area contributed by atoms with Gasteiger partial charge in [-0.15, -0.1) is 0 Å². The molecule has 2 heterocycles. The van der Waals surface area contributed by atoms with Crippen LogP contribution in [0.25, 0.3) is 0 Å². The van der Waals surface area contributed by atoms with Gasteiger partial charge in [-0.25, -0.2) is 0 Å². The van der Waals surface area contributed by atoms with E-state index in [2.05, 4.69) is 16.2 Å². The van der Waals surface area contributed by atoms with E-state index in [4.69, 9.17) is 23.2 Å². The maximum Gasteiger partial charge on any atom is 0.433 e. The van der Waals surface area contributed by atoms with Crippen molar-refractivity contribution in [3.8, 4) is 6.07 Å². The smallest absolute Gasteiger partial charge is 0.433 e. The summed E-state index contributed by atoms with van der Waals surface area (Å²) in [6.07, 6.45) is -0.204. The standard InChI is InChI=1S/C26H26Cl2F3N5O4/c1-25(13-32)7-6-16(8-25)35(12-20(37)21-18(27)10-33-11-19(21)28)23(38)17-9-34-36(22(17)26(29,30)31)15-4-2-14(3-5-15)24(39)40/h9-11,14-16H,2-8,12H2,1H3,(H,39,40)/t14-,15-,16?,25?. The summed E-state index contributed by atoms with van der Waals surface area (Å²) in [6, 6.07) is 0.748. The predicted molar refractivity (Wildman–Crippen MR) is 137 cm³/mol. The molecule has 0 aromatic carbocycles. The van der Waals surface area contributed by atoms with Crippen molar-refractivity contribution in [2.24, 2.45) is 11.3 Å². The molecule has 2 aromatic rings. The highest BCUT2D eigenvalue weighted by Crippen LogP contribution is 2.42. The zero-order valence-corrected chi connectivity index (χ0v) is 22.9. The van der Waals surface area contributed by atoms with Crippen LogP contribution >= 0.6 is 23.2 Å². The number of nitrogens with zero attached hydrogens (tertiary/aromatic N) is 5. The van der Waals surface area contributed by atoms with E-state index in [-0.39, 0.29) is 47.7 Å². The minimum Gasteiger partial charge on any atom is -0.481 e. The molecule has 14 heteroatoms. The van der Waals surface area contributed by atoms with E-state index in [1.165, 1.54) is 12.4 Å². The van der Waals surface area contributed by atoms with E-state index in [0.717, 1.165) is 15.8 Å².